The summed E-state index contributed by atoms with van der Waals surface area (Å²) < 4.78 is 1.22. The van der Waals surface area contributed by atoms with Crippen LogP contribution < -0.4 is 5.32 Å². The molecule has 19 heavy (non-hydrogen) atoms. The number of rotatable bonds is 4. The molecule has 0 bridgehead atoms. The largest absolute Gasteiger partial charge is 0.478 e. The van der Waals surface area contributed by atoms with Gasteiger partial charge < -0.3 is 10.4 Å². The highest BCUT2D eigenvalue weighted by Gasteiger charge is 2.16. The highest BCUT2D eigenvalue weighted by molar-refractivity contribution is 7.20. The molecule has 2 aromatic rings. The van der Waals surface area contributed by atoms with E-state index in [0.717, 1.165) is 5.56 Å². The van der Waals surface area contributed by atoms with Gasteiger partial charge in [-0.3, -0.25) is 0 Å². The number of nitrogens with one attached hydrogen (secondary N) is 1. The lowest BCUT2D eigenvalue weighted by atomic mass is 10.1. The van der Waals surface area contributed by atoms with Crippen LogP contribution in [0.15, 0.2) is 30.3 Å². The van der Waals surface area contributed by atoms with Crippen LogP contribution in [-0.2, 0) is 0 Å². The molecule has 0 radical (unpaired) electrons. The molecule has 0 saturated heterocycles. The highest BCUT2D eigenvalue weighted by Crippen LogP contribution is 2.36. The summed E-state index contributed by atoms with van der Waals surface area (Å²) >= 11 is 13.3. The SMILES string of the molecule is CC(Nc1ccccc1C(=O)O)c1cc(Cl)sc1Cl. The fourth-order valence-electron chi connectivity index (χ4n) is 1.75. The van der Waals surface area contributed by atoms with Gasteiger partial charge in [-0.05, 0) is 25.1 Å². The van der Waals surface area contributed by atoms with Crippen LogP contribution >= 0.6 is 34.5 Å². The third-order valence-corrected chi connectivity index (χ3v) is 4.20. The lowest BCUT2D eigenvalue weighted by Gasteiger charge is -2.16. The molecule has 0 aliphatic heterocycles. The smallest absolute Gasteiger partial charge is 0.337 e. The van der Waals surface area contributed by atoms with Crippen LogP contribution in [0.4, 0.5) is 5.69 Å². The van der Waals surface area contributed by atoms with E-state index in [-0.39, 0.29) is 11.6 Å². The quantitative estimate of drug-likeness (QED) is 0.841. The van der Waals surface area contributed by atoms with E-state index in [0.29, 0.717) is 14.4 Å². The zero-order valence-electron chi connectivity index (χ0n) is 9.98. The maximum Gasteiger partial charge on any atom is 0.337 e. The average molecular weight is 316 g/mol. The van der Waals surface area contributed by atoms with Crippen molar-refractivity contribution in [3.63, 3.8) is 0 Å². The van der Waals surface area contributed by atoms with Crippen LogP contribution in [0.3, 0.4) is 0 Å². The minimum absolute atomic E-state index is 0.128. The Morgan fingerprint density at radius 3 is 2.63 bits per heavy atom. The van der Waals surface area contributed by atoms with E-state index < -0.39 is 5.97 Å². The second kappa shape index (κ2) is 5.82. The Bertz CT molecular complexity index is 612. The fraction of sp³-hybridized carbons (Fsp3) is 0.154. The normalized spacial score (nSPS) is 12.2. The molecular formula is C13H11Cl2NO2S. The number of hydrogen-bond acceptors (Lipinski definition) is 3. The van der Waals surface area contributed by atoms with Gasteiger partial charge in [0.05, 0.1) is 20.3 Å². The standard InChI is InChI=1S/C13H11Cl2NO2S/c1-7(9-6-11(14)19-12(9)15)16-10-5-3-2-4-8(10)13(17)18/h2-7,16H,1H3,(H,17,18). The van der Waals surface area contributed by atoms with Crippen molar-refractivity contribution in [3.8, 4) is 0 Å². The van der Waals surface area contributed by atoms with Crippen molar-refractivity contribution >= 4 is 46.2 Å². The molecule has 3 nitrogen and oxygen atoms in total. The van der Waals surface area contributed by atoms with Gasteiger partial charge in [-0.25, -0.2) is 4.79 Å². The van der Waals surface area contributed by atoms with Gasteiger partial charge in [-0.1, -0.05) is 35.3 Å². The molecule has 100 valence electrons. The Morgan fingerprint density at radius 1 is 1.37 bits per heavy atom. The van der Waals surface area contributed by atoms with E-state index in [2.05, 4.69) is 5.32 Å². The van der Waals surface area contributed by atoms with Crippen molar-refractivity contribution in [1.29, 1.82) is 0 Å². The van der Waals surface area contributed by atoms with Crippen molar-refractivity contribution in [1.82, 2.24) is 0 Å². The summed E-state index contributed by atoms with van der Waals surface area (Å²) in [4.78, 5) is 11.1. The summed E-state index contributed by atoms with van der Waals surface area (Å²) in [5.74, 6) is -0.968. The fourth-order valence-corrected chi connectivity index (χ4v) is 3.40. The topological polar surface area (TPSA) is 49.3 Å². The van der Waals surface area contributed by atoms with Gasteiger partial charge in [0, 0.05) is 11.3 Å². The summed E-state index contributed by atoms with van der Waals surface area (Å²) in [6, 6.07) is 8.41. The van der Waals surface area contributed by atoms with Crippen molar-refractivity contribution in [3.05, 3.63) is 50.1 Å². The molecule has 2 rings (SSSR count). The number of aromatic carboxylic acids is 1. The number of hydrogen-bond donors (Lipinski definition) is 2. The van der Waals surface area contributed by atoms with E-state index >= 15 is 0 Å². The van der Waals surface area contributed by atoms with Crippen LogP contribution in [0.1, 0.15) is 28.9 Å². The summed E-state index contributed by atoms with van der Waals surface area (Å²) in [6.07, 6.45) is 0. The first-order valence-electron chi connectivity index (χ1n) is 5.52. The second-order valence-corrected chi connectivity index (χ2v) is 6.28. The molecule has 1 heterocycles. The number of halogens is 2. The van der Waals surface area contributed by atoms with E-state index in [9.17, 15) is 4.79 Å². The van der Waals surface area contributed by atoms with Crippen molar-refractivity contribution in [2.75, 3.05) is 5.32 Å². The van der Waals surface area contributed by atoms with Crippen LogP contribution in [0.5, 0.6) is 0 Å². The number of anilines is 1. The Labute approximate surface area is 124 Å². The van der Waals surface area contributed by atoms with Crippen LogP contribution in [0, 0.1) is 0 Å². The van der Waals surface area contributed by atoms with Gasteiger partial charge in [-0.15, -0.1) is 11.3 Å². The van der Waals surface area contributed by atoms with Gasteiger partial charge in [-0.2, -0.15) is 0 Å². The maximum absolute atomic E-state index is 11.1. The van der Waals surface area contributed by atoms with Gasteiger partial charge in [0.25, 0.3) is 0 Å². The lowest BCUT2D eigenvalue weighted by Crippen LogP contribution is -2.10. The predicted molar refractivity (Wildman–Crippen MR) is 79.8 cm³/mol. The first kappa shape index (κ1) is 14.2. The number of carboxylic acid groups (broad SMARTS) is 1. The van der Waals surface area contributed by atoms with Gasteiger partial charge in [0.15, 0.2) is 0 Å². The molecule has 1 aromatic carbocycles. The number of carboxylic acids is 1. The minimum Gasteiger partial charge on any atom is -0.478 e. The molecular weight excluding hydrogens is 305 g/mol. The summed E-state index contributed by atoms with van der Waals surface area (Å²) in [6.45, 7) is 1.91. The molecule has 0 fully saturated rings. The Morgan fingerprint density at radius 2 is 2.05 bits per heavy atom. The molecule has 6 heteroatoms. The van der Waals surface area contributed by atoms with Crippen molar-refractivity contribution in [2.24, 2.45) is 0 Å². The zero-order valence-corrected chi connectivity index (χ0v) is 12.3. The minimum atomic E-state index is -0.968. The van der Waals surface area contributed by atoms with Gasteiger partial charge in [0.2, 0.25) is 0 Å². The summed E-state index contributed by atoms with van der Waals surface area (Å²) in [5, 5.41) is 12.3. The Kier molecular flexibility index (Phi) is 4.34. The van der Waals surface area contributed by atoms with Crippen LogP contribution in [0.25, 0.3) is 0 Å². The van der Waals surface area contributed by atoms with Crippen molar-refractivity contribution in [2.45, 2.75) is 13.0 Å². The first-order chi connectivity index (χ1) is 8.99. The van der Waals surface area contributed by atoms with E-state index in [1.807, 2.05) is 6.92 Å². The number of carbonyl (C=O) groups is 1. The lowest BCUT2D eigenvalue weighted by molar-refractivity contribution is 0.0698. The third-order valence-electron chi connectivity index (χ3n) is 2.68. The molecule has 2 N–H and O–H groups in total. The molecule has 0 aliphatic rings. The summed E-state index contributed by atoms with van der Waals surface area (Å²) in [5.41, 5.74) is 1.64. The average Bonchev–Trinajstić information content (AvgIpc) is 2.69. The van der Waals surface area contributed by atoms with Gasteiger partial charge in [0.1, 0.15) is 0 Å². The van der Waals surface area contributed by atoms with Gasteiger partial charge >= 0.3 is 5.97 Å². The highest BCUT2D eigenvalue weighted by atomic mass is 35.5. The first-order valence-corrected chi connectivity index (χ1v) is 7.10. The molecule has 0 spiro atoms. The van der Waals surface area contributed by atoms with Crippen molar-refractivity contribution < 1.29 is 9.90 Å². The van der Waals surface area contributed by atoms with E-state index in [4.69, 9.17) is 28.3 Å². The monoisotopic (exact) mass is 315 g/mol. The third kappa shape index (κ3) is 3.21. The van der Waals surface area contributed by atoms with E-state index in [1.54, 1.807) is 30.3 Å². The van der Waals surface area contributed by atoms with Crippen LogP contribution in [-0.4, -0.2) is 11.1 Å². The predicted octanol–water partition coefficient (Wildman–Crippen LogP) is 4.93. The zero-order chi connectivity index (χ0) is 14.0. The molecule has 1 unspecified atom stereocenters. The molecule has 0 aliphatic carbocycles. The van der Waals surface area contributed by atoms with Crippen LogP contribution in [0.2, 0.25) is 8.67 Å². The second-order valence-electron chi connectivity index (χ2n) is 4.00. The molecule has 1 aromatic heterocycles. The summed E-state index contributed by atoms with van der Waals surface area (Å²) in [7, 11) is 0. The number of thiophene rings is 1. The Balaban J connectivity index is 2.26. The molecule has 1 atom stereocenters. The molecule has 0 amide bonds. The number of benzene rings is 1. The van der Waals surface area contributed by atoms with E-state index in [1.165, 1.54) is 11.3 Å². The Hall–Kier alpha value is -1.23. The maximum atomic E-state index is 11.1. The number of para-hydroxylation sites is 1. The molecule has 0 saturated carbocycles.